The third-order valence-electron chi connectivity index (χ3n) is 3.16. The van der Waals surface area contributed by atoms with Crippen molar-refractivity contribution >= 4 is 5.91 Å². The average molecular weight is 301 g/mol. The Hall–Kier alpha value is -2.47. The molecule has 116 valence electrons. The van der Waals surface area contributed by atoms with E-state index in [1.807, 2.05) is 37.3 Å². The number of aromatic nitrogens is 2. The summed E-state index contributed by atoms with van der Waals surface area (Å²) in [7, 11) is 0. The van der Waals surface area contributed by atoms with Gasteiger partial charge in [-0.05, 0) is 25.0 Å². The Morgan fingerprint density at radius 1 is 1.27 bits per heavy atom. The van der Waals surface area contributed by atoms with Gasteiger partial charge in [-0.3, -0.25) is 9.59 Å². The fraction of sp³-hybridized carbons (Fsp3) is 0.312. The monoisotopic (exact) mass is 301 g/mol. The van der Waals surface area contributed by atoms with Crippen LogP contribution in [0.2, 0.25) is 0 Å². The zero-order chi connectivity index (χ0) is 15.8. The SMILES string of the molecule is C[C@H](OCCCNC(=O)c1ccc(=O)[nH]n1)c1ccccc1. The van der Waals surface area contributed by atoms with Crippen LogP contribution in [0.5, 0.6) is 0 Å². The Balaban J connectivity index is 1.66. The first-order valence-electron chi connectivity index (χ1n) is 7.17. The minimum atomic E-state index is -0.333. The van der Waals surface area contributed by atoms with Crippen LogP contribution in [-0.4, -0.2) is 29.3 Å². The van der Waals surface area contributed by atoms with Crippen LogP contribution in [0.3, 0.4) is 0 Å². The summed E-state index contributed by atoms with van der Waals surface area (Å²) >= 11 is 0. The van der Waals surface area contributed by atoms with Gasteiger partial charge >= 0.3 is 0 Å². The predicted molar refractivity (Wildman–Crippen MR) is 82.6 cm³/mol. The molecule has 0 spiro atoms. The van der Waals surface area contributed by atoms with Crippen LogP contribution in [0, 0.1) is 0 Å². The quantitative estimate of drug-likeness (QED) is 0.762. The van der Waals surface area contributed by atoms with E-state index in [9.17, 15) is 9.59 Å². The second-order valence-electron chi connectivity index (χ2n) is 4.84. The van der Waals surface area contributed by atoms with E-state index in [1.54, 1.807) is 0 Å². The zero-order valence-electron chi connectivity index (χ0n) is 12.4. The molecule has 1 heterocycles. The summed E-state index contributed by atoms with van der Waals surface area (Å²) in [6, 6.07) is 12.6. The molecule has 1 aromatic heterocycles. The number of carbonyl (C=O) groups excluding carboxylic acids is 1. The highest BCUT2D eigenvalue weighted by atomic mass is 16.5. The number of benzene rings is 1. The van der Waals surface area contributed by atoms with Crippen molar-refractivity contribution in [3.05, 3.63) is 64.1 Å². The van der Waals surface area contributed by atoms with Crippen molar-refractivity contribution in [3.8, 4) is 0 Å². The van der Waals surface area contributed by atoms with Crippen LogP contribution in [-0.2, 0) is 4.74 Å². The summed E-state index contributed by atoms with van der Waals surface area (Å²) in [6.07, 6.45) is 0.726. The molecular formula is C16H19N3O3. The van der Waals surface area contributed by atoms with Gasteiger partial charge in [-0.15, -0.1) is 0 Å². The lowest BCUT2D eigenvalue weighted by molar-refractivity contribution is 0.0634. The molecular weight excluding hydrogens is 282 g/mol. The number of amides is 1. The molecule has 0 bridgehead atoms. The summed E-state index contributed by atoms with van der Waals surface area (Å²) in [5.41, 5.74) is 0.988. The molecule has 0 saturated heterocycles. The first-order valence-corrected chi connectivity index (χ1v) is 7.17. The Bertz CT molecular complexity index is 635. The third-order valence-corrected chi connectivity index (χ3v) is 3.16. The van der Waals surface area contributed by atoms with Crippen molar-refractivity contribution < 1.29 is 9.53 Å². The first kappa shape index (κ1) is 15.9. The van der Waals surface area contributed by atoms with Crippen LogP contribution in [0.1, 0.15) is 35.5 Å². The molecule has 1 amide bonds. The van der Waals surface area contributed by atoms with E-state index in [0.717, 1.165) is 5.56 Å². The number of ether oxygens (including phenoxy) is 1. The number of nitrogens with one attached hydrogen (secondary N) is 2. The highest BCUT2D eigenvalue weighted by molar-refractivity contribution is 5.91. The maximum absolute atomic E-state index is 11.7. The first-order chi connectivity index (χ1) is 10.7. The van der Waals surface area contributed by atoms with Crippen LogP contribution >= 0.6 is 0 Å². The van der Waals surface area contributed by atoms with Gasteiger partial charge in [-0.25, -0.2) is 5.10 Å². The Labute approximate surface area is 128 Å². The molecule has 0 unspecified atom stereocenters. The van der Waals surface area contributed by atoms with Crippen molar-refractivity contribution in [2.24, 2.45) is 0 Å². The molecule has 2 aromatic rings. The van der Waals surface area contributed by atoms with E-state index in [4.69, 9.17) is 4.74 Å². The summed E-state index contributed by atoms with van der Waals surface area (Å²) < 4.78 is 5.72. The van der Waals surface area contributed by atoms with E-state index >= 15 is 0 Å². The maximum Gasteiger partial charge on any atom is 0.271 e. The largest absolute Gasteiger partial charge is 0.374 e. The Kier molecular flexibility index (Phi) is 5.85. The lowest BCUT2D eigenvalue weighted by Crippen LogP contribution is -2.27. The van der Waals surface area contributed by atoms with Gasteiger partial charge in [0, 0.05) is 19.2 Å². The van der Waals surface area contributed by atoms with Crippen LogP contribution < -0.4 is 10.9 Å². The topological polar surface area (TPSA) is 84.1 Å². The number of aromatic amines is 1. The van der Waals surface area contributed by atoms with Gasteiger partial charge in [-0.1, -0.05) is 30.3 Å². The number of nitrogens with zero attached hydrogens (tertiary/aromatic N) is 1. The molecule has 0 fully saturated rings. The number of rotatable bonds is 7. The summed E-state index contributed by atoms with van der Waals surface area (Å²) in [5.74, 6) is -0.313. The van der Waals surface area contributed by atoms with Gasteiger partial charge in [-0.2, -0.15) is 5.10 Å². The molecule has 0 aliphatic heterocycles. The second kappa shape index (κ2) is 8.09. The molecule has 0 saturated carbocycles. The van der Waals surface area contributed by atoms with Crippen LogP contribution in [0.15, 0.2) is 47.3 Å². The van der Waals surface area contributed by atoms with Crippen LogP contribution in [0.25, 0.3) is 0 Å². The average Bonchev–Trinajstić information content (AvgIpc) is 2.55. The van der Waals surface area contributed by atoms with Gasteiger partial charge in [0.05, 0.1) is 6.10 Å². The lowest BCUT2D eigenvalue weighted by Gasteiger charge is -2.13. The molecule has 6 nitrogen and oxygen atoms in total. The van der Waals surface area contributed by atoms with E-state index in [-0.39, 0.29) is 23.3 Å². The second-order valence-corrected chi connectivity index (χ2v) is 4.84. The molecule has 2 N–H and O–H groups in total. The zero-order valence-corrected chi connectivity index (χ0v) is 12.4. The van der Waals surface area contributed by atoms with E-state index < -0.39 is 0 Å². The van der Waals surface area contributed by atoms with E-state index in [1.165, 1.54) is 12.1 Å². The Morgan fingerprint density at radius 3 is 2.73 bits per heavy atom. The van der Waals surface area contributed by atoms with Gasteiger partial charge in [0.2, 0.25) is 0 Å². The minimum absolute atomic E-state index is 0.0257. The standard InChI is InChI=1S/C16H19N3O3/c1-12(13-6-3-2-4-7-13)22-11-5-10-17-16(21)14-8-9-15(20)19-18-14/h2-4,6-9,12H,5,10-11H2,1H3,(H,17,21)(H,19,20)/t12-/m0/s1. The smallest absolute Gasteiger partial charge is 0.271 e. The summed E-state index contributed by atoms with van der Waals surface area (Å²) in [6.45, 7) is 3.04. The molecule has 1 aromatic carbocycles. The maximum atomic E-state index is 11.7. The third kappa shape index (κ3) is 4.82. The van der Waals surface area contributed by atoms with E-state index in [2.05, 4.69) is 15.5 Å². The van der Waals surface area contributed by atoms with Gasteiger partial charge in [0.1, 0.15) is 5.69 Å². The molecule has 6 heteroatoms. The molecule has 0 aliphatic carbocycles. The van der Waals surface area contributed by atoms with Crippen molar-refractivity contribution in [2.75, 3.05) is 13.2 Å². The van der Waals surface area contributed by atoms with Gasteiger partial charge in [0.25, 0.3) is 11.5 Å². The summed E-state index contributed by atoms with van der Waals surface area (Å²) in [5, 5.41) is 8.62. The Morgan fingerprint density at radius 2 is 2.05 bits per heavy atom. The minimum Gasteiger partial charge on any atom is -0.374 e. The normalized spacial score (nSPS) is 11.9. The number of hydrogen-bond acceptors (Lipinski definition) is 4. The molecule has 1 atom stereocenters. The van der Waals surface area contributed by atoms with Crippen molar-refractivity contribution in [2.45, 2.75) is 19.4 Å². The van der Waals surface area contributed by atoms with Gasteiger partial charge < -0.3 is 10.1 Å². The number of carbonyl (C=O) groups is 1. The van der Waals surface area contributed by atoms with Gasteiger partial charge in [0.15, 0.2) is 0 Å². The molecule has 22 heavy (non-hydrogen) atoms. The van der Waals surface area contributed by atoms with E-state index in [0.29, 0.717) is 19.6 Å². The van der Waals surface area contributed by atoms with Crippen molar-refractivity contribution in [1.29, 1.82) is 0 Å². The molecule has 0 aliphatic rings. The highest BCUT2D eigenvalue weighted by Gasteiger charge is 2.07. The lowest BCUT2D eigenvalue weighted by atomic mass is 10.1. The van der Waals surface area contributed by atoms with Crippen molar-refractivity contribution in [1.82, 2.24) is 15.5 Å². The molecule has 2 rings (SSSR count). The number of H-pyrrole nitrogens is 1. The van der Waals surface area contributed by atoms with Crippen LogP contribution in [0.4, 0.5) is 0 Å². The number of hydrogen-bond donors (Lipinski definition) is 2. The predicted octanol–water partition coefficient (Wildman–Crippen LogP) is 1.67. The molecule has 0 radical (unpaired) electrons. The highest BCUT2D eigenvalue weighted by Crippen LogP contribution is 2.15. The fourth-order valence-corrected chi connectivity index (χ4v) is 1.92. The summed E-state index contributed by atoms with van der Waals surface area (Å²) in [4.78, 5) is 22.6. The van der Waals surface area contributed by atoms with Crippen molar-refractivity contribution in [3.63, 3.8) is 0 Å². The fourth-order valence-electron chi connectivity index (χ4n) is 1.92.